The molecule has 5 nitrogen and oxygen atoms in total. The Morgan fingerprint density at radius 3 is 2.92 bits per heavy atom. The third-order valence-electron chi connectivity index (χ3n) is 2.19. The minimum Gasteiger partial charge on any atom is -0.364 e. The summed E-state index contributed by atoms with van der Waals surface area (Å²) in [5.41, 5.74) is 5.49. The second-order valence-corrected chi connectivity index (χ2v) is 3.24. The molecule has 1 aliphatic heterocycles. The summed E-state index contributed by atoms with van der Waals surface area (Å²) in [7, 11) is 0. The van der Waals surface area contributed by atoms with Crippen molar-refractivity contribution in [1.82, 2.24) is 10.1 Å². The molecular weight excluding hydrogens is 170 g/mol. The lowest BCUT2D eigenvalue weighted by Crippen LogP contribution is -2.18. The summed E-state index contributed by atoms with van der Waals surface area (Å²) in [6.45, 7) is 2.35. The van der Waals surface area contributed by atoms with Gasteiger partial charge in [-0.3, -0.25) is 0 Å². The van der Waals surface area contributed by atoms with Crippen LogP contribution in [0.25, 0.3) is 0 Å². The van der Waals surface area contributed by atoms with Gasteiger partial charge in [0.05, 0.1) is 6.10 Å². The van der Waals surface area contributed by atoms with Crippen molar-refractivity contribution in [2.45, 2.75) is 32.0 Å². The minimum atomic E-state index is -0.0465. The number of hydrogen-bond acceptors (Lipinski definition) is 5. The van der Waals surface area contributed by atoms with E-state index < -0.39 is 0 Å². The van der Waals surface area contributed by atoms with Gasteiger partial charge in [0.25, 0.3) is 5.89 Å². The van der Waals surface area contributed by atoms with E-state index in [9.17, 15) is 0 Å². The number of nitrogens with zero attached hydrogens (tertiary/aromatic N) is 2. The third-order valence-corrected chi connectivity index (χ3v) is 2.19. The number of hydrogen-bond donors (Lipinski definition) is 1. The standard InChI is InChI=1S/C8H13N3O2/c1-5-10-8(13-11-5)7-3-2-6(4-9)12-7/h6-7H,2-4,9H2,1H3/t6-,7-/m0/s1. The van der Waals surface area contributed by atoms with Crippen molar-refractivity contribution >= 4 is 0 Å². The van der Waals surface area contributed by atoms with E-state index in [0.717, 1.165) is 12.8 Å². The Morgan fingerprint density at radius 2 is 2.38 bits per heavy atom. The quantitative estimate of drug-likeness (QED) is 0.725. The van der Waals surface area contributed by atoms with Crippen molar-refractivity contribution in [3.63, 3.8) is 0 Å². The number of nitrogens with two attached hydrogens (primary N) is 1. The zero-order chi connectivity index (χ0) is 9.26. The summed E-state index contributed by atoms with van der Waals surface area (Å²) < 4.78 is 10.6. The molecule has 0 aliphatic carbocycles. The lowest BCUT2D eigenvalue weighted by atomic mass is 10.2. The Hall–Kier alpha value is -0.940. The Morgan fingerprint density at radius 1 is 1.54 bits per heavy atom. The average Bonchev–Trinajstić information content (AvgIpc) is 2.71. The topological polar surface area (TPSA) is 74.2 Å². The van der Waals surface area contributed by atoms with E-state index in [2.05, 4.69) is 10.1 Å². The fraction of sp³-hybridized carbons (Fsp3) is 0.750. The summed E-state index contributed by atoms with van der Waals surface area (Å²) in [5, 5.41) is 3.71. The summed E-state index contributed by atoms with van der Waals surface area (Å²) in [6.07, 6.45) is 2.00. The van der Waals surface area contributed by atoms with Crippen molar-refractivity contribution in [3.05, 3.63) is 11.7 Å². The molecule has 72 valence electrons. The maximum atomic E-state index is 5.59. The Bertz CT molecular complexity index is 287. The molecular formula is C8H13N3O2. The molecule has 13 heavy (non-hydrogen) atoms. The number of rotatable bonds is 2. The summed E-state index contributed by atoms with van der Waals surface area (Å²) >= 11 is 0. The van der Waals surface area contributed by atoms with Gasteiger partial charge in [0.1, 0.15) is 6.10 Å². The van der Waals surface area contributed by atoms with E-state index in [1.165, 1.54) is 0 Å². The summed E-state index contributed by atoms with van der Waals surface area (Å²) in [5.74, 6) is 1.23. The van der Waals surface area contributed by atoms with Crippen LogP contribution in [0.2, 0.25) is 0 Å². The smallest absolute Gasteiger partial charge is 0.255 e. The highest BCUT2D eigenvalue weighted by Crippen LogP contribution is 2.30. The van der Waals surface area contributed by atoms with Gasteiger partial charge in [-0.25, -0.2) is 0 Å². The molecule has 1 fully saturated rings. The Labute approximate surface area is 76.3 Å². The van der Waals surface area contributed by atoms with E-state index >= 15 is 0 Å². The molecule has 0 amide bonds. The fourth-order valence-corrected chi connectivity index (χ4v) is 1.50. The maximum Gasteiger partial charge on any atom is 0.255 e. The van der Waals surface area contributed by atoms with Gasteiger partial charge >= 0.3 is 0 Å². The third kappa shape index (κ3) is 1.71. The molecule has 5 heteroatoms. The molecule has 1 aromatic heterocycles. The molecule has 0 unspecified atom stereocenters. The van der Waals surface area contributed by atoms with Crippen molar-refractivity contribution in [3.8, 4) is 0 Å². The Balaban J connectivity index is 2.03. The zero-order valence-electron chi connectivity index (χ0n) is 7.56. The summed E-state index contributed by atoms with van der Waals surface area (Å²) in [6, 6.07) is 0. The van der Waals surface area contributed by atoms with Gasteiger partial charge in [0, 0.05) is 6.54 Å². The molecule has 0 saturated carbocycles. The first-order chi connectivity index (χ1) is 6.29. The number of ether oxygens (including phenoxy) is 1. The van der Waals surface area contributed by atoms with E-state index in [-0.39, 0.29) is 12.2 Å². The normalized spacial score (nSPS) is 28.2. The van der Waals surface area contributed by atoms with Crippen LogP contribution in [0.15, 0.2) is 4.52 Å². The maximum absolute atomic E-state index is 5.59. The molecule has 0 bridgehead atoms. The van der Waals surface area contributed by atoms with Gasteiger partial charge in [0.15, 0.2) is 5.82 Å². The largest absolute Gasteiger partial charge is 0.364 e. The zero-order valence-corrected chi connectivity index (χ0v) is 7.56. The van der Waals surface area contributed by atoms with Crippen molar-refractivity contribution in [2.75, 3.05) is 6.54 Å². The first kappa shape index (κ1) is 8.65. The van der Waals surface area contributed by atoms with Crippen molar-refractivity contribution < 1.29 is 9.26 Å². The molecule has 1 aromatic rings. The van der Waals surface area contributed by atoms with Crippen LogP contribution in [0.4, 0.5) is 0 Å². The molecule has 2 rings (SSSR count). The average molecular weight is 183 g/mol. The fourth-order valence-electron chi connectivity index (χ4n) is 1.50. The molecule has 0 radical (unpaired) electrons. The van der Waals surface area contributed by atoms with Gasteiger partial charge in [-0.15, -0.1) is 0 Å². The van der Waals surface area contributed by atoms with Crippen LogP contribution in [-0.4, -0.2) is 22.8 Å². The van der Waals surface area contributed by atoms with Gasteiger partial charge in [0.2, 0.25) is 0 Å². The molecule has 0 aromatic carbocycles. The second-order valence-electron chi connectivity index (χ2n) is 3.24. The highest BCUT2D eigenvalue weighted by atomic mass is 16.5. The number of aryl methyl sites for hydroxylation is 1. The van der Waals surface area contributed by atoms with Crippen LogP contribution in [-0.2, 0) is 4.74 Å². The van der Waals surface area contributed by atoms with Gasteiger partial charge in [-0.05, 0) is 19.8 Å². The highest BCUT2D eigenvalue weighted by molar-refractivity contribution is 4.91. The van der Waals surface area contributed by atoms with Crippen LogP contribution in [0.1, 0.15) is 30.7 Å². The van der Waals surface area contributed by atoms with Crippen LogP contribution in [0.5, 0.6) is 0 Å². The Kier molecular flexibility index (Phi) is 2.28. The predicted octanol–water partition coefficient (Wildman–Crippen LogP) is 0.557. The molecule has 1 aliphatic rings. The van der Waals surface area contributed by atoms with E-state index in [1.54, 1.807) is 6.92 Å². The van der Waals surface area contributed by atoms with Gasteiger partial charge < -0.3 is 15.0 Å². The summed E-state index contributed by atoms with van der Waals surface area (Å²) in [4.78, 5) is 4.12. The van der Waals surface area contributed by atoms with Crippen molar-refractivity contribution in [2.24, 2.45) is 5.73 Å². The lowest BCUT2D eigenvalue weighted by Gasteiger charge is -2.07. The predicted molar refractivity (Wildman–Crippen MR) is 44.9 cm³/mol. The highest BCUT2D eigenvalue weighted by Gasteiger charge is 2.29. The second kappa shape index (κ2) is 3.43. The van der Waals surface area contributed by atoms with Gasteiger partial charge in [-0.2, -0.15) is 4.98 Å². The number of aromatic nitrogens is 2. The van der Waals surface area contributed by atoms with Crippen molar-refractivity contribution in [1.29, 1.82) is 0 Å². The van der Waals surface area contributed by atoms with E-state index in [1.807, 2.05) is 0 Å². The molecule has 1 saturated heterocycles. The van der Waals surface area contributed by atoms with Crippen LogP contribution in [0, 0.1) is 6.92 Å². The first-order valence-electron chi connectivity index (χ1n) is 4.45. The first-order valence-corrected chi connectivity index (χ1v) is 4.45. The van der Waals surface area contributed by atoms with E-state index in [4.69, 9.17) is 15.0 Å². The molecule has 2 atom stereocenters. The van der Waals surface area contributed by atoms with Gasteiger partial charge in [-0.1, -0.05) is 5.16 Å². The monoisotopic (exact) mass is 183 g/mol. The minimum absolute atomic E-state index is 0.0465. The van der Waals surface area contributed by atoms with Crippen LogP contribution < -0.4 is 5.73 Å². The molecule has 0 spiro atoms. The lowest BCUT2D eigenvalue weighted by molar-refractivity contribution is 0.0307. The SMILES string of the molecule is Cc1noc([C@@H]2CC[C@@H](CN)O2)n1. The molecule has 2 N–H and O–H groups in total. The molecule has 2 heterocycles. The van der Waals surface area contributed by atoms with E-state index in [0.29, 0.717) is 18.3 Å². The van der Waals surface area contributed by atoms with Crippen LogP contribution in [0.3, 0.4) is 0 Å². The van der Waals surface area contributed by atoms with Crippen LogP contribution >= 0.6 is 0 Å².